The Morgan fingerprint density at radius 2 is 2.05 bits per heavy atom. The van der Waals surface area contributed by atoms with Crippen molar-refractivity contribution in [2.45, 2.75) is 26.0 Å². The van der Waals surface area contributed by atoms with Gasteiger partial charge in [0, 0.05) is 20.3 Å². The van der Waals surface area contributed by atoms with E-state index in [0.29, 0.717) is 13.2 Å². The minimum atomic E-state index is -2.94. The average Bonchev–Trinajstić information content (AvgIpc) is 2.48. The Hall–Kier alpha value is -1.73. The number of alkyl halides is 2. The Morgan fingerprint density at radius 3 is 2.68 bits per heavy atom. The number of carbonyl (C=O) groups is 1. The number of carbonyl (C=O) groups excluding carboxylic acids is 1. The Balaban J connectivity index is 2.64. The summed E-state index contributed by atoms with van der Waals surface area (Å²) in [5.41, 5.74) is 0.227. The van der Waals surface area contributed by atoms with Crippen LogP contribution >= 0.6 is 0 Å². The summed E-state index contributed by atoms with van der Waals surface area (Å²) in [6.45, 7) is 0.118. The van der Waals surface area contributed by atoms with Gasteiger partial charge in [0.1, 0.15) is 5.75 Å². The molecule has 0 radical (unpaired) electrons. The van der Waals surface area contributed by atoms with Crippen LogP contribution in [-0.4, -0.2) is 50.8 Å². The minimum Gasteiger partial charge on any atom is -0.433 e. The number of ether oxygens (including phenoxy) is 2. The van der Waals surface area contributed by atoms with Crippen LogP contribution in [-0.2, 0) is 9.53 Å². The van der Waals surface area contributed by atoms with Gasteiger partial charge in [-0.05, 0) is 32.5 Å². The zero-order chi connectivity index (χ0) is 16.5. The van der Waals surface area contributed by atoms with Crippen LogP contribution in [0, 0.1) is 0 Å². The second-order valence-corrected chi connectivity index (χ2v) is 4.87. The molecule has 7 heteroatoms. The first kappa shape index (κ1) is 18.3. The number of nitrogens with one attached hydrogen (secondary N) is 1. The molecule has 0 spiro atoms. The van der Waals surface area contributed by atoms with Crippen LogP contribution in [0.5, 0.6) is 5.75 Å². The van der Waals surface area contributed by atoms with E-state index in [-0.39, 0.29) is 17.3 Å². The molecule has 124 valence electrons. The van der Waals surface area contributed by atoms with Crippen molar-refractivity contribution in [1.82, 2.24) is 4.90 Å². The second-order valence-electron chi connectivity index (χ2n) is 4.87. The van der Waals surface area contributed by atoms with Gasteiger partial charge in [0.2, 0.25) is 5.91 Å². The molecule has 22 heavy (non-hydrogen) atoms. The van der Waals surface area contributed by atoms with Crippen LogP contribution in [0.4, 0.5) is 14.5 Å². The molecule has 0 bridgehead atoms. The third kappa shape index (κ3) is 5.95. The lowest BCUT2D eigenvalue weighted by atomic mass is 10.2. The van der Waals surface area contributed by atoms with Gasteiger partial charge in [-0.15, -0.1) is 0 Å². The number of amides is 1. The van der Waals surface area contributed by atoms with Gasteiger partial charge in [0.05, 0.1) is 11.7 Å². The number of likely N-dealkylation sites (N-methyl/N-ethyl adjacent to an activating group) is 1. The Labute approximate surface area is 129 Å². The van der Waals surface area contributed by atoms with Crippen molar-refractivity contribution in [2.24, 2.45) is 0 Å². The molecule has 1 aromatic carbocycles. The molecule has 0 aliphatic heterocycles. The first-order valence-corrected chi connectivity index (χ1v) is 6.99. The van der Waals surface area contributed by atoms with Gasteiger partial charge in [0.25, 0.3) is 0 Å². The summed E-state index contributed by atoms with van der Waals surface area (Å²) in [4.78, 5) is 14.1. The molecule has 0 saturated heterocycles. The smallest absolute Gasteiger partial charge is 0.387 e. The van der Waals surface area contributed by atoms with Crippen LogP contribution in [0.3, 0.4) is 0 Å². The van der Waals surface area contributed by atoms with Crippen LogP contribution < -0.4 is 10.1 Å². The zero-order valence-electron chi connectivity index (χ0n) is 13.0. The van der Waals surface area contributed by atoms with Crippen LogP contribution in [0.2, 0.25) is 0 Å². The molecule has 1 amide bonds. The number of anilines is 1. The Morgan fingerprint density at radius 1 is 1.36 bits per heavy atom. The predicted octanol–water partition coefficient (Wildman–Crippen LogP) is 2.58. The molecule has 0 aliphatic carbocycles. The van der Waals surface area contributed by atoms with Gasteiger partial charge < -0.3 is 14.8 Å². The van der Waals surface area contributed by atoms with Crippen molar-refractivity contribution in [1.29, 1.82) is 0 Å². The van der Waals surface area contributed by atoms with E-state index in [1.807, 2.05) is 11.9 Å². The number of hydrogen-bond donors (Lipinski definition) is 1. The predicted molar refractivity (Wildman–Crippen MR) is 80.3 cm³/mol. The quantitative estimate of drug-likeness (QED) is 0.712. The summed E-state index contributed by atoms with van der Waals surface area (Å²) in [5, 5.41) is 2.62. The minimum absolute atomic E-state index is 0.0555. The van der Waals surface area contributed by atoms with Gasteiger partial charge in [-0.2, -0.15) is 8.78 Å². The first-order valence-electron chi connectivity index (χ1n) is 6.99. The van der Waals surface area contributed by atoms with Gasteiger partial charge >= 0.3 is 6.61 Å². The van der Waals surface area contributed by atoms with Crippen LogP contribution in [0.1, 0.15) is 13.3 Å². The van der Waals surface area contributed by atoms with Crippen LogP contribution in [0.25, 0.3) is 0 Å². The number of hydrogen-bond acceptors (Lipinski definition) is 4. The van der Waals surface area contributed by atoms with Gasteiger partial charge in [-0.25, -0.2) is 0 Å². The third-order valence-corrected chi connectivity index (χ3v) is 3.26. The summed E-state index contributed by atoms with van der Waals surface area (Å²) in [7, 11) is 3.44. The monoisotopic (exact) mass is 316 g/mol. The molecule has 0 heterocycles. The Bertz CT molecular complexity index is 472. The molecule has 0 aliphatic rings. The highest BCUT2D eigenvalue weighted by Crippen LogP contribution is 2.25. The SMILES string of the molecule is COCCCN(C)C(C)C(=O)Nc1ccccc1OC(F)F. The maximum atomic E-state index is 12.3. The van der Waals surface area contributed by atoms with Crippen molar-refractivity contribution in [2.75, 3.05) is 32.6 Å². The van der Waals surface area contributed by atoms with E-state index >= 15 is 0 Å². The number of methoxy groups -OCH3 is 1. The maximum absolute atomic E-state index is 12.3. The standard InChI is InChI=1S/C15H22F2N2O3/c1-11(19(2)9-6-10-21-3)14(20)18-12-7-4-5-8-13(12)22-15(16)17/h4-5,7-8,11,15H,6,9-10H2,1-3H3,(H,18,20). The molecule has 0 fully saturated rings. The largest absolute Gasteiger partial charge is 0.433 e. The molecule has 0 saturated carbocycles. The van der Waals surface area contributed by atoms with Crippen molar-refractivity contribution in [3.63, 3.8) is 0 Å². The van der Waals surface area contributed by atoms with Gasteiger partial charge in [-0.1, -0.05) is 12.1 Å². The second kappa shape index (κ2) is 9.32. The molecule has 1 N–H and O–H groups in total. The van der Waals surface area contributed by atoms with Crippen molar-refractivity contribution >= 4 is 11.6 Å². The van der Waals surface area contributed by atoms with Gasteiger partial charge in [0.15, 0.2) is 0 Å². The number of halogens is 2. The van der Waals surface area contributed by atoms with E-state index in [4.69, 9.17) is 4.74 Å². The molecule has 1 unspecified atom stereocenters. The fraction of sp³-hybridized carbons (Fsp3) is 0.533. The lowest BCUT2D eigenvalue weighted by Gasteiger charge is -2.24. The van der Waals surface area contributed by atoms with Crippen molar-refractivity contribution < 1.29 is 23.0 Å². The fourth-order valence-corrected chi connectivity index (χ4v) is 1.86. The molecule has 0 aromatic heterocycles. The molecule has 1 atom stereocenters. The normalized spacial score (nSPS) is 12.5. The molecular formula is C15H22F2N2O3. The number of rotatable bonds is 9. The summed E-state index contributed by atoms with van der Waals surface area (Å²) in [6, 6.07) is 5.70. The highest BCUT2D eigenvalue weighted by Gasteiger charge is 2.19. The lowest BCUT2D eigenvalue weighted by molar-refractivity contribution is -0.120. The Kier molecular flexibility index (Phi) is 7.76. The van der Waals surface area contributed by atoms with E-state index in [1.165, 1.54) is 12.1 Å². The van der Waals surface area contributed by atoms with E-state index < -0.39 is 12.7 Å². The van der Waals surface area contributed by atoms with E-state index in [9.17, 15) is 13.6 Å². The van der Waals surface area contributed by atoms with E-state index in [2.05, 4.69) is 10.1 Å². The zero-order valence-corrected chi connectivity index (χ0v) is 13.0. The van der Waals surface area contributed by atoms with E-state index in [0.717, 1.165) is 6.42 Å². The molecule has 1 aromatic rings. The average molecular weight is 316 g/mol. The summed E-state index contributed by atoms with van der Waals surface area (Å²) >= 11 is 0. The van der Waals surface area contributed by atoms with Crippen molar-refractivity contribution in [3.05, 3.63) is 24.3 Å². The topological polar surface area (TPSA) is 50.8 Å². The van der Waals surface area contributed by atoms with Crippen LogP contribution in [0.15, 0.2) is 24.3 Å². The molecule has 5 nitrogen and oxygen atoms in total. The number of benzene rings is 1. The molecular weight excluding hydrogens is 294 g/mol. The summed E-state index contributed by atoms with van der Waals surface area (Å²) in [5.74, 6) is -0.342. The number of para-hydroxylation sites is 2. The lowest BCUT2D eigenvalue weighted by Crippen LogP contribution is -2.40. The fourth-order valence-electron chi connectivity index (χ4n) is 1.86. The summed E-state index contributed by atoms with van der Waals surface area (Å²) in [6.07, 6.45) is 0.801. The van der Waals surface area contributed by atoms with Crippen molar-refractivity contribution in [3.8, 4) is 5.75 Å². The highest BCUT2D eigenvalue weighted by molar-refractivity contribution is 5.95. The number of nitrogens with zero attached hydrogens (tertiary/aromatic N) is 1. The summed E-state index contributed by atoms with van der Waals surface area (Å²) < 4.78 is 34.0. The third-order valence-electron chi connectivity index (χ3n) is 3.26. The maximum Gasteiger partial charge on any atom is 0.387 e. The first-order chi connectivity index (χ1) is 10.5. The van der Waals surface area contributed by atoms with Gasteiger partial charge in [-0.3, -0.25) is 9.69 Å². The molecule has 1 rings (SSSR count). The highest BCUT2D eigenvalue weighted by atomic mass is 19.3. The van der Waals surface area contributed by atoms with E-state index in [1.54, 1.807) is 26.2 Å².